The molecule has 7 nitrogen and oxygen atoms in total. The number of rotatable bonds is 7. The second-order valence-electron chi connectivity index (χ2n) is 6.73. The van der Waals surface area contributed by atoms with Gasteiger partial charge >= 0.3 is 0 Å². The van der Waals surface area contributed by atoms with Crippen LogP contribution in [-0.4, -0.2) is 35.7 Å². The Morgan fingerprint density at radius 2 is 2.11 bits per heavy atom. The molecule has 2 heterocycles. The minimum absolute atomic E-state index is 0.0603. The van der Waals surface area contributed by atoms with Gasteiger partial charge in [0.25, 0.3) is 0 Å². The quantitative estimate of drug-likeness (QED) is 0.785. The van der Waals surface area contributed by atoms with Crippen LogP contribution in [0.4, 0.5) is 10.8 Å². The maximum absolute atomic E-state index is 12.6. The number of ether oxygens (including phenoxy) is 1. The van der Waals surface area contributed by atoms with Crippen molar-refractivity contribution in [3.8, 4) is 5.75 Å². The predicted molar refractivity (Wildman–Crippen MR) is 105 cm³/mol. The molecule has 27 heavy (non-hydrogen) atoms. The predicted octanol–water partition coefficient (Wildman–Crippen LogP) is 3.44. The molecule has 3 rings (SSSR count). The lowest BCUT2D eigenvalue weighted by Gasteiger charge is -2.16. The second kappa shape index (κ2) is 8.47. The van der Waals surface area contributed by atoms with Gasteiger partial charge in [0, 0.05) is 24.6 Å². The fourth-order valence-corrected chi connectivity index (χ4v) is 3.98. The number of hydrogen-bond acceptors (Lipinski definition) is 6. The van der Waals surface area contributed by atoms with E-state index in [1.807, 2.05) is 12.1 Å². The van der Waals surface area contributed by atoms with Crippen molar-refractivity contribution in [3.63, 3.8) is 0 Å². The molecule has 2 amide bonds. The Labute approximate surface area is 162 Å². The topological polar surface area (TPSA) is 84.4 Å². The summed E-state index contributed by atoms with van der Waals surface area (Å²) in [6.45, 7) is 4.60. The first-order chi connectivity index (χ1) is 13.0. The lowest BCUT2D eigenvalue weighted by molar-refractivity contribution is -0.122. The number of nitrogens with one attached hydrogen (secondary N) is 1. The van der Waals surface area contributed by atoms with Crippen molar-refractivity contribution in [2.24, 2.45) is 5.92 Å². The van der Waals surface area contributed by atoms with Gasteiger partial charge in [-0.15, -0.1) is 10.2 Å². The molecule has 1 aromatic heterocycles. The molecule has 1 fully saturated rings. The summed E-state index contributed by atoms with van der Waals surface area (Å²) in [6.07, 6.45) is 2.31. The van der Waals surface area contributed by atoms with Crippen LogP contribution in [0.5, 0.6) is 5.75 Å². The van der Waals surface area contributed by atoms with Gasteiger partial charge in [-0.1, -0.05) is 31.6 Å². The number of amides is 2. The van der Waals surface area contributed by atoms with Crippen molar-refractivity contribution >= 4 is 34.0 Å². The summed E-state index contributed by atoms with van der Waals surface area (Å²) in [5.41, 5.74) is 0.766. The third-order valence-electron chi connectivity index (χ3n) is 4.69. The fraction of sp³-hybridized carbons (Fsp3) is 0.474. The highest BCUT2D eigenvalue weighted by atomic mass is 32.1. The second-order valence-corrected chi connectivity index (χ2v) is 7.74. The van der Waals surface area contributed by atoms with Crippen LogP contribution in [0.25, 0.3) is 0 Å². The summed E-state index contributed by atoms with van der Waals surface area (Å²) >= 11 is 1.40. The van der Waals surface area contributed by atoms with E-state index in [0.29, 0.717) is 17.6 Å². The van der Waals surface area contributed by atoms with Gasteiger partial charge in [0.1, 0.15) is 10.8 Å². The molecule has 8 heteroatoms. The standard InChI is InChI=1S/C19H24N4O3S/c1-4-5-12(2)18-21-22-19(27-18)20-17(25)13-10-16(24)23(11-13)14-6-8-15(26-3)9-7-14/h6-9,12-13H,4-5,10-11H2,1-3H3,(H,20,22,25). The Kier molecular flexibility index (Phi) is 6.05. The first kappa shape index (κ1) is 19.3. The van der Waals surface area contributed by atoms with E-state index in [2.05, 4.69) is 29.4 Å². The largest absolute Gasteiger partial charge is 0.497 e. The number of carbonyl (C=O) groups excluding carboxylic acids is 2. The maximum atomic E-state index is 12.6. The minimum atomic E-state index is -0.403. The van der Waals surface area contributed by atoms with Crippen molar-refractivity contribution < 1.29 is 14.3 Å². The minimum Gasteiger partial charge on any atom is -0.497 e. The molecule has 0 bridgehead atoms. The first-order valence-electron chi connectivity index (χ1n) is 9.10. The van der Waals surface area contributed by atoms with Crippen molar-refractivity contribution in [1.82, 2.24) is 10.2 Å². The SMILES string of the molecule is CCCC(C)c1nnc(NC(=O)C2CC(=O)N(c3ccc(OC)cc3)C2)s1. The molecule has 0 saturated carbocycles. The van der Waals surface area contributed by atoms with Gasteiger partial charge < -0.3 is 15.0 Å². The summed E-state index contributed by atoms with van der Waals surface area (Å²) in [7, 11) is 1.60. The van der Waals surface area contributed by atoms with Gasteiger partial charge in [0.2, 0.25) is 16.9 Å². The Morgan fingerprint density at radius 3 is 2.78 bits per heavy atom. The van der Waals surface area contributed by atoms with Gasteiger partial charge in [0.05, 0.1) is 13.0 Å². The maximum Gasteiger partial charge on any atom is 0.231 e. The first-order valence-corrected chi connectivity index (χ1v) is 9.92. The summed E-state index contributed by atoms with van der Waals surface area (Å²) in [6, 6.07) is 7.25. The van der Waals surface area contributed by atoms with E-state index in [9.17, 15) is 9.59 Å². The average molecular weight is 388 g/mol. The van der Waals surface area contributed by atoms with Crippen molar-refractivity contribution in [2.75, 3.05) is 23.9 Å². The Bertz CT molecular complexity index is 806. The molecule has 1 aliphatic rings. The Balaban J connectivity index is 1.62. The number of methoxy groups -OCH3 is 1. The normalized spacial score (nSPS) is 17.8. The number of nitrogens with zero attached hydrogens (tertiary/aromatic N) is 3. The van der Waals surface area contributed by atoms with E-state index < -0.39 is 5.92 Å². The van der Waals surface area contributed by atoms with E-state index in [-0.39, 0.29) is 18.2 Å². The van der Waals surface area contributed by atoms with Gasteiger partial charge in [-0.2, -0.15) is 0 Å². The van der Waals surface area contributed by atoms with Crippen LogP contribution >= 0.6 is 11.3 Å². The van der Waals surface area contributed by atoms with Crippen LogP contribution in [0.3, 0.4) is 0 Å². The zero-order valence-electron chi connectivity index (χ0n) is 15.8. The number of carbonyl (C=O) groups is 2. The Morgan fingerprint density at radius 1 is 1.37 bits per heavy atom. The van der Waals surface area contributed by atoms with Gasteiger partial charge in [-0.3, -0.25) is 9.59 Å². The van der Waals surface area contributed by atoms with E-state index in [1.165, 1.54) is 11.3 Å². The molecule has 1 saturated heterocycles. The van der Waals surface area contributed by atoms with Gasteiger partial charge in [-0.25, -0.2) is 0 Å². The molecular weight excluding hydrogens is 364 g/mol. The third kappa shape index (κ3) is 4.44. The molecular formula is C19H24N4O3S. The van der Waals surface area contributed by atoms with Crippen LogP contribution in [0.1, 0.15) is 44.0 Å². The van der Waals surface area contributed by atoms with Crippen LogP contribution in [0.2, 0.25) is 0 Å². The van der Waals surface area contributed by atoms with Gasteiger partial charge in [-0.05, 0) is 30.7 Å². The lowest BCUT2D eigenvalue weighted by atomic mass is 10.1. The summed E-state index contributed by atoms with van der Waals surface area (Å²) in [5.74, 6) is 0.404. The van der Waals surface area contributed by atoms with E-state index in [0.717, 1.165) is 29.3 Å². The molecule has 1 aliphatic heterocycles. The van der Waals surface area contributed by atoms with E-state index in [4.69, 9.17) is 4.74 Å². The van der Waals surface area contributed by atoms with Crippen molar-refractivity contribution in [3.05, 3.63) is 29.3 Å². The molecule has 0 aliphatic carbocycles. The van der Waals surface area contributed by atoms with Crippen LogP contribution in [0, 0.1) is 5.92 Å². The van der Waals surface area contributed by atoms with Crippen LogP contribution in [0.15, 0.2) is 24.3 Å². The highest BCUT2D eigenvalue weighted by Gasteiger charge is 2.35. The summed E-state index contributed by atoms with van der Waals surface area (Å²) < 4.78 is 5.14. The van der Waals surface area contributed by atoms with E-state index in [1.54, 1.807) is 24.1 Å². The number of benzene rings is 1. The van der Waals surface area contributed by atoms with Crippen molar-refractivity contribution in [1.29, 1.82) is 0 Å². The summed E-state index contributed by atoms with van der Waals surface area (Å²) in [4.78, 5) is 26.6. The molecule has 0 spiro atoms. The molecule has 0 radical (unpaired) electrons. The average Bonchev–Trinajstić information content (AvgIpc) is 3.29. The molecule has 2 aromatic rings. The zero-order valence-corrected chi connectivity index (χ0v) is 16.6. The molecule has 2 unspecified atom stereocenters. The molecule has 1 N–H and O–H groups in total. The van der Waals surface area contributed by atoms with Crippen molar-refractivity contribution in [2.45, 2.75) is 39.0 Å². The monoisotopic (exact) mass is 388 g/mol. The highest BCUT2D eigenvalue weighted by Crippen LogP contribution is 2.29. The summed E-state index contributed by atoms with van der Waals surface area (Å²) in [5, 5.41) is 12.5. The molecule has 144 valence electrons. The van der Waals surface area contributed by atoms with Crippen LogP contribution < -0.4 is 15.0 Å². The van der Waals surface area contributed by atoms with Gasteiger partial charge in [0.15, 0.2) is 0 Å². The fourth-order valence-electron chi connectivity index (χ4n) is 3.14. The Hall–Kier alpha value is -2.48. The smallest absolute Gasteiger partial charge is 0.231 e. The number of hydrogen-bond donors (Lipinski definition) is 1. The van der Waals surface area contributed by atoms with Crippen LogP contribution in [-0.2, 0) is 9.59 Å². The van der Waals surface area contributed by atoms with E-state index >= 15 is 0 Å². The number of anilines is 2. The zero-order chi connectivity index (χ0) is 19.4. The molecule has 1 aromatic carbocycles. The third-order valence-corrected chi connectivity index (χ3v) is 5.76. The lowest BCUT2D eigenvalue weighted by Crippen LogP contribution is -2.28. The number of aromatic nitrogens is 2. The molecule has 2 atom stereocenters. The highest BCUT2D eigenvalue weighted by molar-refractivity contribution is 7.15.